The van der Waals surface area contributed by atoms with Gasteiger partial charge in [0.05, 0.1) is 11.2 Å². The van der Waals surface area contributed by atoms with Crippen molar-refractivity contribution in [3.05, 3.63) is 36.0 Å². The second-order valence-corrected chi connectivity index (χ2v) is 5.95. The zero-order valence-electron chi connectivity index (χ0n) is 12.6. The topological polar surface area (TPSA) is 45.2 Å². The largest absolute Gasteiger partial charge is 0.324 e. The van der Waals surface area contributed by atoms with Gasteiger partial charge in [-0.3, -0.25) is 4.98 Å². The van der Waals surface area contributed by atoms with Crippen LogP contribution in [-0.4, -0.2) is 29.0 Å². The van der Waals surface area contributed by atoms with Crippen molar-refractivity contribution in [2.24, 2.45) is 5.92 Å². The van der Waals surface area contributed by atoms with Gasteiger partial charge in [-0.1, -0.05) is 25.1 Å². The monoisotopic (exact) mass is 283 g/mol. The maximum Gasteiger partial charge on any atom is 0.321 e. The number of likely N-dealkylation sites (tertiary alicyclic amines) is 1. The van der Waals surface area contributed by atoms with Crippen LogP contribution in [-0.2, 0) is 0 Å². The van der Waals surface area contributed by atoms with Gasteiger partial charge in [0.1, 0.15) is 0 Å². The van der Waals surface area contributed by atoms with Gasteiger partial charge in [0.25, 0.3) is 0 Å². The van der Waals surface area contributed by atoms with E-state index in [1.165, 1.54) is 6.42 Å². The minimum atomic E-state index is -0.00250. The SMILES string of the molecule is Cc1cc(NC(=O)N2CCCC(C)C2)c2ccccc2n1. The summed E-state index contributed by atoms with van der Waals surface area (Å²) in [6.07, 6.45) is 2.30. The van der Waals surface area contributed by atoms with Crippen LogP contribution in [0, 0.1) is 12.8 Å². The Morgan fingerprint density at radius 1 is 1.38 bits per heavy atom. The van der Waals surface area contributed by atoms with E-state index in [4.69, 9.17) is 0 Å². The van der Waals surface area contributed by atoms with E-state index in [1.54, 1.807) is 0 Å². The molecule has 2 heterocycles. The van der Waals surface area contributed by atoms with Crippen LogP contribution in [0.5, 0.6) is 0 Å². The summed E-state index contributed by atoms with van der Waals surface area (Å²) in [7, 11) is 0. The van der Waals surface area contributed by atoms with E-state index in [1.807, 2.05) is 42.2 Å². The number of para-hydroxylation sites is 1. The van der Waals surface area contributed by atoms with Gasteiger partial charge in [0.2, 0.25) is 0 Å². The molecule has 0 aliphatic carbocycles. The van der Waals surface area contributed by atoms with E-state index >= 15 is 0 Å². The van der Waals surface area contributed by atoms with Crippen molar-refractivity contribution in [2.75, 3.05) is 18.4 Å². The van der Waals surface area contributed by atoms with Crippen molar-refractivity contribution >= 4 is 22.6 Å². The third-order valence-electron chi connectivity index (χ3n) is 4.03. The molecule has 0 spiro atoms. The predicted molar refractivity (Wildman–Crippen MR) is 85.5 cm³/mol. The molecule has 4 heteroatoms. The van der Waals surface area contributed by atoms with Crippen LogP contribution in [0.3, 0.4) is 0 Å². The molecule has 1 aromatic heterocycles. The standard InChI is InChI=1S/C17H21N3O/c1-12-6-5-9-20(11-12)17(21)19-16-10-13(2)18-15-8-4-3-7-14(15)16/h3-4,7-8,10,12H,5-6,9,11H2,1-2H3,(H,18,19,21). The first-order chi connectivity index (χ1) is 10.1. The molecule has 1 aliphatic heterocycles. The summed E-state index contributed by atoms with van der Waals surface area (Å²) in [6, 6.07) is 9.84. The number of urea groups is 1. The molecule has 1 saturated heterocycles. The molecule has 2 aromatic rings. The van der Waals surface area contributed by atoms with Crippen LogP contribution >= 0.6 is 0 Å². The number of nitrogens with one attached hydrogen (secondary N) is 1. The van der Waals surface area contributed by atoms with Gasteiger partial charge in [-0.15, -0.1) is 0 Å². The summed E-state index contributed by atoms with van der Waals surface area (Å²) in [5.74, 6) is 0.584. The maximum absolute atomic E-state index is 12.5. The Bertz CT molecular complexity index is 668. The smallest absolute Gasteiger partial charge is 0.321 e. The molecule has 0 bridgehead atoms. The minimum absolute atomic E-state index is 0.00250. The Balaban J connectivity index is 1.85. The molecule has 3 rings (SSSR count). The fourth-order valence-electron chi connectivity index (χ4n) is 2.98. The van der Waals surface area contributed by atoms with Crippen molar-refractivity contribution in [1.29, 1.82) is 0 Å². The lowest BCUT2D eigenvalue weighted by atomic mass is 10.0. The zero-order chi connectivity index (χ0) is 14.8. The molecule has 1 fully saturated rings. The van der Waals surface area contributed by atoms with Crippen LogP contribution in [0.25, 0.3) is 10.9 Å². The minimum Gasteiger partial charge on any atom is -0.324 e. The number of piperidine rings is 1. The predicted octanol–water partition coefficient (Wildman–Crippen LogP) is 3.81. The second kappa shape index (κ2) is 5.72. The van der Waals surface area contributed by atoms with Crippen LogP contribution in [0.15, 0.2) is 30.3 Å². The number of carbonyl (C=O) groups excluding carboxylic acids is 1. The highest BCUT2D eigenvalue weighted by Crippen LogP contribution is 2.24. The fraction of sp³-hybridized carbons (Fsp3) is 0.412. The number of carbonyl (C=O) groups is 1. The zero-order valence-corrected chi connectivity index (χ0v) is 12.6. The number of aryl methyl sites for hydroxylation is 1. The third-order valence-corrected chi connectivity index (χ3v) is 4.03. The van der Waals surface area contributed by atoms with Crippen molar-refractivity contribution in [1.82, 2.24) is 9.88 Å². The molecule has 1 aromatic carbocycles. The van der Waals surface area contributed by atoms with E-state index < -0.39 is 0 Å². The highest BCUT2D eigenvalue weighted by atomic mass is 16.2. The second-order valence-electron chi connectivity index (χ2n) is 5.95. The molecule has 4 nitrogen and oxygen atoms in total. The van der Waals surface area contributed by atoms with E-state index in [2.05, 4.69) is 17.2 Å². The van der Waals surface area contributed by atoms with Crippen molar-refractivity contribution in [3.63, 3.8) is 0 Å². The molecule has 1 unspecified atom stereocenters. The van der Waals surface area contributed by atoms with Crippen LogP contribution in [0.2, 0.25) is 0 Å². The molecule has 1 aliphatic rings. The molecule has 1 atom stereocenters. The summed E-state index contributed by atoms with van der Waals surface area (Å²) < 4.78 is 0. The summed E-state index contributed by atoms with van der Waals surface area (Å²) in [4.78, 5) is 18.9. The number of anilines is 1. The summed E-state index contributed by atoms with van der Waals surface area (Å²) in [6.45, 7) is 5.84. The summed E-state index contributed by atoms with van der Waals surface area (Å²) >= 11 is 0. The quantitative estimate of drug-likeness (QED) is 0.865. The van der Waals surface area contributed by atoms with Crippen LogP contribution in [0.4, 0.5) is 10.5 Å². The molecule has 1 N–H and O–H groups in total. The van der Waals surface area contributed by atoms with Crippen LogP contribution in [0.1, 0.15) is 25.5 Å². The van der Waals surface area contributed by atoms with Gasteiger partial charge < -0.3 is 10.2 Å². The average molecular weight is 283 g/mol. The fourth-order valence-corrected chi connectivity index (χ4v) is 2.98. The van der Waals surface area contributed by atoms with Gasteiger partial charge in [-0.05, 0) is 37.8 Å². The normalized spacial score (nSPS) is 18.8. The molecule has 21 heavy (non-hydrogen) atoms. The lowest BCUT2D eigenvalue weighted by Gasteiger charge is -2.31. The molecular formula is C17H21N3O. The van der Waals surface area contributed by atoms with Gasteiger partial charge >= 0.3 is 6.03 Å². The molecule has 110 valence electrons. The summed E-state index contributed by atoms with van der Waals surface area (Å²) in [5, 5.41) is 4.05. The first-order valence-corrected chi connectivity index (χ1v) is 7.56. The molecule has 0 radical (unpaired) electrons. The summed E-state index contributed by atoms with van der Waals surface area (Å²) in [5.41, 5.74) is 2.68. The Hall–Kier alpha value is -2.10. The van der Waals surface area contributed by atoms with E-state index in [9.17, 15) is 4.79 Å². The Labute approximate surface area is 125 Å². The van der Waals surface area contributed by atoms with Gasteiger partial charge in [0.15, 0.2) is 0 Å². The Morgan fingerprint density at radius 2 is 2.19 bits per heavy atom. The average Bonchev–Trinajstić information content (AvgIpc) is 2.47. The number of amides is 2. The number of fused-ring (bicyclic) bond motifs is 1. The van der Waals surface area contributed by atoms with Gasteiger partial charge in [-0.25, -0.2) is 4.79 Å². The highest BCUT2D eigenvalue weighted by Gasteiger charge is 2.21. The van der Waals surface area contributed by atoms with Crippen molar-refractivity contribution < 1.29 is 4.79 Å². The Morgan fingerprint density at radius 3 is 3.00 bits per heavy atom. The number of rotatable bonds is 1. The van der Waals surface area contributed by atoms with Crippen molar-refractivity contribution in [2.45, 2.75) is 26.7 Å². The first-order valence-electron chi connectivity index (χ1n) is 7.56. The maximum atomic E-state index is 12.5. The number of benzene rings is 1. The third kappa shape index (κ3) is 2.99. The highest BCUT2D eigenvalue weighted by molar-refractivity contribution is 6.00. The van der Waals surface area contributed by atoms with Gasteiger partial charge in [-0.2, -0.15) is 0 Å². The molecule has 2 amide bonds. The number of hydrogen-bond donors (Lipinski definition) is 1. The number of nitrogens with zero attached hydrogens (tertiary/aromatic N) is 2. The number of aromatic nitrogens is 1. The van der Waals surface area contributed by atoms with Crippen molar-refractivity contribution in [3.8, 4) is 0 Å². The molecule has 0 saturated carbocycles. The van der Waals surface area contributed by atoms with Crippen LogP contribution < -0.4 is 5.32 Å². The Kier molecular flexibility index (Phi) is 3.78. The van der Waals surface area contributed by atoms with Gasteiger partial charge in [0, 0.05) is 24.2 Å². The number of hydrogen-bond acceptors (Lipinski definition) is 2. The van der Waals surface area contributed by atoms with E-state index in [0.717, 1.165) is 41.8 Å². The van der Waals surface area contributed by atoms with E-state index in [0.29, 0.717) is 5.92 Å². The number of pyridine rings is 1. The van der Waals surface area contributed by atoms with E-state index in [-0.39, 0.29) is 6.03 Å². The molecular weight excluding hydrogens is 262 g/mol. The lowest BCUT2D eigenvalue weighted by Crippen LogP contribution is -2.41. The lowest BCUT2D eigenvalue weighted by molar-refractivity contribution is 0.182. The first kappa shape index (κ1) is 13.9.